The molecule has 0 bridgehead atoms. The molecular weight excluding hydrogens is 240 g/mol. The summed E-state index contributed by atoms with van der Waals surface area (Å²) < 4.78 is 11.3. The predicted octanol–water partition coefficient (Wildman–Crippen LogP) is 2.70. The van der Waals surface area contributed by atoms with Gasteiger partial charge in [0.25, 0.3) is 0 Å². The van der Waals surface area contributed by atoms with Crippen molar-refractivity contribution in [2.24, 2.45) is 0 Å². The standard InChI is InChI=1S/C15H22N2O2/c1-3-17(11-7-10-16)12-13-19-15-9-6-5-8-14(15)18-4-2/h5-6,8-9H,3-4,7,11-13H2,1-2H3. The van der Waals surface area contributed by atoms with Crippen LogP contribution in [0.4, 0.5) is 0 Å². The first-order chi connectivity index (χ1) is 9.31. The Hall–Kier alpha value is -1.73. The quantitative estimate of drug-likeness (QED) is 0.686. The Bertz CT molecular complexity index is 401. The molecule has 4 heteroatoms. The fourth-order valence-corrected chi connectivity index (χ4v) is 1.77. The average molecular weight is 262 g/mol. The molecule has 0 aromatic heterocycles. The molecule has 0 atom stereocenters. The molecule has 1 rings (SSSR count). The van der Waals surface area contributed by atoms with Crippen molar-refractivity contribution in [3.05, 3.63) is 24.3 Å². The minimum absolute atomic E-state index is 0.559. The predicted molar refractivity (Wildman–Crippen MR) is 75.5 cm³/mol. The van der Waals surface area contributed by atoms with E-state index in [0.29, 0.717) is 19.6 Å². The van der Waals surface area contributed by atoms with E-state index in [2.05, 4.69) is 17.9 Å². The highest BCUT2D eigenvalue weighted by Gasteiger charge is 2.05. The van der Waals surface area contributed by atoms with Gasteiger partial charge in [0, 0.05) is 19.5 Å². The van der Waals surface area contributed by atoms with Crippen molar-refractivity contribution in [2.75, 3.05) is 32.8 Å². The number of likely N-dealkylation sites (N-methyl/N-ethyl adjacent to an activating group) is 1. The Balaban J connectivity index is 2.41. The summed E-state index contributed by atoms with van der Waals surface area (Å²) in [6.07, 6.45) is 0.559. The van der Waals surface area contributed by atoms with Gasteiger partial charge in [-0.2, -0.15) is 5.26 Å². The van der Waals surface area contributed by atoms with Crippen molar-refractivity contribution < 1.29 is 9.47 Å². The van der Waals surface area contributed by atoms with Crippen molar-refractivity contribution >= 4 is 0 Å². The maximum Gasteiger partial charge on any atom is 0.161 e. The van der Waals surface area contributed by atoms with Crippen molar-refractivity contribution in [2.45, 2.75) is 20.3 Å². The maximum absolute atomic E-state index is 8.59. The van der Waals surface area contributed by atoms with E-state index in [-0.39, 0.29) is 0 Å². The highest BCUT2D eigenvalue weighted by atomic mass is 16.5. The molecule has 0 saturated heterocycles. The van der Waals surface area contributed by atoms with Crippen LogP contribution in [0.25, 0.3) is 0 Å². The molecular formula is C15H22N2O2. The normalized spacial score (nSPS) is 10.2. The van der Waals surface area contributed by atoms with Crippen LogP contribution in [0.1, 0.15) is 20.3 Å². The molecule has 0 aliphatic rings. The summed E-state index contributed by atoms with van der Waals surface area (Å²) in [5, 5.41) is 8.59. The third-order valence-corrected chi connectivity index (χ3v) is 2.80. The van der Waals surface area contributed by atoms with Crippen molar-refractivity contribution in [3.8, 4) is 17.6 Å². The lowest BCUT2D eigenvalue weighted by Gasteiger charge is -2.19. The molecule has 4 nitrogen and oxygen atoms in total. The highest BCUT2D eigenvalue weighted by molar-refractivity contribution is 5.39. The molecule has 0 amide bonds. The third kappa shape index (κ3) is 5.62. The molecule has 0 unspecified atom stereocenters. The van der Waals surface area contributed by atoms with Crippen LogP contribution in [0.3, 0.4) is 0 Å². The van der Waals surface area contributed by atoms with Gasteiger partial charge in [-0.15, -0.1) is 0 Å². The third-order valence-electron chi connectivity index (χ3n) is 2.80. The van der Waals surface area contributed by atoms with Crippen LogP contribution < -0.4 is 9.47 Å². The van der Waals surface area contributed by atoms with Crippen LogP contribution in [0.2, 0.25) is 0 Å². The molecule has 0 aliphatic carbocycles. The topological polar surface area (TPSA) is 45.5 Å². The molecule has 0 saturated carbocycles. The lowest BCUT2D eigenvalue weighted by molar-refractivity contribution is 0.210. The number of rotatable bonds is 9. The Labute approximate surface area is 115 Å². The number of hydrogen-bond acceptors (Lipinski definition) is 4. The van der Waals surface area contributed by atoms with Gasteiger partial charge in [0.1, 0.15) is 6.61 Å². The van der Waals surface area contributed by atoms with Crippen molar-refractivity contribution in [1.29, 1.82) is 5.26 Å². The van der Waals surface area contributed by atoms with Gasteiger partial charge in [-0.25, -0.2) is 0 Å². The first kappa shape index (κ1) is 15.3. The monoisotopic (exact) mass is 262 g/mol. The molecule has 0 fully saturated rings. The highest BCUT2D eigenvalue weighted by Crippen LogP contribution is 2.26. The number of hydrogen-bond donors (Lipinski definition) is 0. The first-order valence-electron chi connectivity index (χ1n) is 6.75. The Morgan fingerprint density at radius 1 is 1.11 bits per heavy atom. The average Bonchev–Trinajstić information content (AvgIpc) is 2.44. The molecule has 0 heterocycles. The Morgan fingerprint density at radius 3 is 2.37 bits per heavy atom. The van der Waals surface area contributed by atoms with Crippen molar-refractivity contribution in [1.82, 2.24) is 4.90 Å². The zero-order chi connectivity index (χ0) is 13.9. The minimum Gasteiger partial charge on any atom is -0.490 e. The van der Waals surface area contributed by atoms with E-state index in [0.717, 1.165) is 31.1 Å². The molecule has 0 aliphatic heterocycles. The first-order valence-corrected chi connectivity index (χ1v) is 6.75. The fourth-order valence-electron chi connectivity index (χ4n) is 1.77. The largest absolute Gasteiger partial charge is 0.490 e. The van der Waals surface area contributed by atoms with E-state index in [1.807, 2.05) is 31.2 Å². The summed E-state index contributed by atoms with van der Waals surface area (Å²) >= 11 is 0. The van der Waals surface area contributed by atoms with Gasteiger partial charge in [0.05, 0.1) is 12.7 Å². The molecule has 0 spiro atoms. The molecule has 1 aromatic carbocycles. The van der Waals surface area contributed by atoms with Crippen LogP contribution in [-0.4, -0.2) is 37.7 Å². The van der Waals surface area contributed by atoms with E-state index in [9.17, 15) is 0 Å². The Morgan fingerprint density at radius 2 is 1.79 bits per heavy atom. The van der Waals surface area contributed by atoms with Gasteiger partial charge < -0.3 is 9.47 Å². The summed E-state index contributed by atoms with van der Waals surface area (Å²) in [5.74, 6) is 1.56. The SMILES string of the molecule is CCOc1ccccc1OCCN(CC)CCC#N. The maximum atomic E-state index is 8.59. The van der Waals surface area contributed by atoms with Gasteiger partial charge in [0.2, 0.25) is 0 Å². The van der Waals surface area contributed by atoms with Crippen LogP contribution in [0, 0.1) is 11.3 Å². The number of nitrogens with zero attached hydrogens (tertiary/aromatic N) is 2. The van der Waals surface area contributed by atoms with Gasteiger partial charge in [0.15, 0.2) is 11.5 Å². The molecule has 104 valence electrons. The summed E-state index contributed by atoms with van der Waals surface area (Å²) in [5.41, 5.74) is 0. The Kier molecular flexibility index (Phi) is 7.45. The summed E-state index contributed by atoms with van der Waals surface area (Å²) in [7, 11) is 0. The zero-order valence-electron chi connectivity index (χ0n) is 11.8. The molecule has 19 heavy (non-hydrogen) atoms. The minimum atomic E-state index is 0.559. The number of para-hydroxylation sites is 2. The van der Waals surface area contributed by atoms with E-state index in [4.69, 9.17) is 14.7 Å². The van der Waals surface area contributed by atoms with Crippen molar-refractivity contribution in [3.63, 3.8) is 0 Å². The molecule has 1 aromatic rings. The smallest absolute Gasteiger partial charge is 0.161 e. The van der Waals surface area contributed by atoms with Crippen LogP contribution in [0.15, 0.2) is 24.3 Å². The fraction of sp³-hybridized carbons (Fsp3) is 0.533. The number of nitriles is 1. The van der Waals surface area contributed by atoms with E-state index in [1.165, 1.54) is 0 Å². The van der Waals surface area contributed by atoms with E-state index in [1.54, 1.807) is 0 Å². The number of benzene rings is 1. The molecule has 0 radical (unpaired) electrons. The zero-order valence-corrected chi connectivity index (χ0v) is 11.8. The van der Waals surface area contributed by atoms with Crippen LogP contribution >= 0.6 is 0 Å². The number of ether oxygens (including phenoxy) is 2. The van der Waals surface area contributed by atoms with Gasteiger partial charge in [-0.3, -0.25) is 4.90 Å². The summed E-state index contributed by atoms with van der Waals surface area (Å²) in [6, 6.07) is 9.86. The van der Waals surface area contributed by atoms with Gasteiger partial charge in [-0.1, -0.05) is 19.1 Å². The summed E-state index contributed by atoms with van der Waals surface area (Å²) in [4.78, 5) is 2.20. The molecule has 0 N–H and O–H groups in total. The van der Waals surface area contributed by atoms with Gasteiger partial charge >= 0.3 is 0 Å². The van der Waals surface area contributed by atoms with E-state index >= 15 is 0 Å². The van der Waals surface area contributed by atoms with Crippen LogP contribution in [0.5, 0.6) is 11.5 Å². The second-order valence-corrected chi connectivity index (χ2v) is 4.07. The lowest BCUT2D eigenvalue weighted by atomic mass is 10.3. The van der Waals surface area contributed by atoms with Gasteiger partial charge in [-0.05, 0) is 25.6 Å². The lowest BCUT2D eigenvalue weighted by Crippen LogP contribution is -2.29. The van der Waals surface area contributed by atoms with Crippen LogP contribution in [-0.2, 0) is 0 Å². The summed E-state index contributed by atoms with van der Waals surface area (Å²) in [6.45, 7) is 7.82. The second kappa shape index (κ2) is 9.23. The van der Waals surface area contributed by atoms with E-state index < -0.39 is 0 Å². The second-order valence-electron chi connectivity index (χ2n) is 4.07.